The van der Waals surface area contributed by atoms with E-state index in [2.05, 4.69) is 24.3 Å². The molecule has 24 heavy (non-hydrogen) atoms. The first-order valence-electron chi connectivity index (χ1n) is 8.45. The van der Waals surface area contributed by atoms with Gasteiger partial charge < -0.3 is 15.0 Å². The normalized spacial score (nSPS) is 17.4. The van der Waals surface area contributed by atoms with Crippen molar-refractivity contribution in [2.45, 2.75) is 44.1 Å². The number of amides is 1. The molecule has 1 aliphatic rings. The van der Waals surface area contributed by atoms with Crippen molar-refractivity contribution in [3.8, 4) is 5.75 Å². The Morgan fingerprint density at radius 1 is 1.29 bits per heavy atom. The summed E-state index contributed by atoms with van der Waals surface area (Å²) in [5.74, 6) is -0.316. The van der Waals surface area contributed by atoms with Crippen molar-refractivity contribution >= 4 is 17.5 Å². The summed E-state index contributed by atoms with van der Waals surface area (Å²) in [6, 6.07) is 3.85. The minimum atomic E-state index is -0.432. The Bertz CT molecular complexity index is 558. The molecule has 134 valence electrons. The lowest BCUT2D eigenvalue weighted by Gasteiger charge is -2.39. The molecule has 4 nitrogen and oxygen atoms in total. The van der Waals surface area contributed by atoms with Gasteiger partial charge in [0.1, 0.15) is 11.6 Å². The first-order valence-corrected chi connectivity index (χ1v) is 8.83. The third-order valence-corrected chi connectivity index (χ3v) is 5.15. The largest absolute Gasteiger partial charge is 0.482 e. The average molecular weight is 357 g/mol. The second-order valence-corrected chi connectivity index (χ2v) is 7.08. The SMILES string of the molecule is CN(C)C1(CNC(=O)COc2ccc(F)cc2Cl)CCCCCC1. The summed E-state index contributed by atoms with van der Waals surface area (Å²) in [4.78, 5) is 14.3. The van der Waals surface area contributed by atoms with Crippen LogP contribution < -0.4 is 10.1 Å². The number of halogens is 2. The Morgan fingerprint density at radius 3 is 2.54 bits per heavy atom. The van der Waals surface area contributed by atoms with E-state index in [1.165, 1.54) is 43.9 Å². The Balaban J connectivity index is 1.86. The summed E-state index contributed by atoms with van der Waals surface area (Å²) in [6.45, 7) is 0.480. The zero-order valence-electron chi connectivity index (χ0n) is 14.4. The molecule has 0 aromatic heterocycles. The van der Waals surface area contributed by atoms with Gasteiger partial charge in [0.25, 0.3) is 5.91 Å². The van der Waals surface area contributed by atoms with Crippen LogP contribution in [0.25, 0.3) is 0 Å². The maximum absolute atomic E-state index is 13.0. The number of ether oxygens (including phenoxy) is 1. The van der Waals surface area contributed by atoms with E-state index in [1.807, 2.05) is 0 Å². The van der Waals surface area contributed by atoms with Gasteiger partial charge in [0.05, 0.1) is 5.02 Å². The van der Waals surface area contributed by atoms with Crippen molar-refractivity contribution in [1.82, 2.24) is 10.2 Å². The molecule has 1 amide bonds. The van der Waals surface area contributed by atoms with E-state index in [4.69, 9.17) is 16.3 Å². The van der Waals surface area contributed by atoms with Gasteiger partial charge in [-0.3, -0.25) is 4.79 Å². The van der Waals surface area contributed by atoms with Gasteiger partial charge in [0.15, 0.2) is 6.61 Å². The van der Waals surface area contributed by atoms with Gasteiger partial charge in [0.2, 0.25) is 0 Å². The number of benzene rings is 1. The lowest BCUT2D eigenvalue weighted by atomic mass is 9.88. The fraction of sp³-hybridized carbons (Fsp3) is 0.611. The molecule has 0 spiro atoms. The molecular formula is C18H26ClFN2O2. The van der Waals surface area contributed by atoms with Crippen molar-refractivity contribution < 1.29 is 13.9 Å². The lowest BCUT2D eigenvalue weighted by Crippen LogP contribution is -2.53. The molecule has 1 fully saturated rings. The highest BCUT2D eigenvalue weighted by molar-refractivity contribution is 6.32. The highest BCUT2D eigenvalue weighted by atomic mass is 35.5. The smallest absolute Gasteiger partial charge is 0.258 e. The van der Waals surface area contributed by atoms with E-state index >= 15 is 0 Å². The molecule has 2 rings (SSSR count). The van der Waals surface area contributed by atoms with E-state index in [0.29, 0.717) is 12.3 Å². The van der Waals surface area contributed by atoms with Gasteiger partial charge in [-0.1, -0.05) is 37.3 Å². The van der Waals surface area contributed by atoms with Crippen LogP contribution in [0.5, 0.6) is 5.75 Å². The van der Waals surface area contributed by atoms with Crippen molar-refractivity contribution in [3.63, 3.8) is 0 Å². The van der Waals surface area contributed by atoms with Crippen LogP contribution in [0.3, 0.4) is 0 Å². The van der Waals surface area contributed by atoms with E-state index in [-0.39, 0.29) is 23.1 Å². The van der Waals surface area contributed by atoms with Crippen LogP contribution in [0.1, 0.15) is 38.5 Å². The Hall–Kier alpha value is -1.33. The van der Waals surface area contributed by atoms with Gasteiger partial charge in [-0.05, 0) is 45.1 Å². The molecule has 1 aromatic rings. The molecular weight excluding hydrogens is 331 g/mol. The highest BCUT2D eigenvalue weighted by Crippen LogP contribution is 2.30. The molecule has 0 aliphatic heterocycles. The second kappa shape index (κ2) is 8.67. The van der Waals surface area contributed by atoms with Gasteiger partial charge in [-0.2, -0.15) is 0 Å². The van der Waals surface area contributed by atoms with Crippen LogP contribution in [0, 0.1) is 5.82 Å². The molecule has 0 atom stereocenters. The number of hydrogen-bond donors (Lipinski definition) is 1. The molecule has 0 saturated heterocycles. The van der Waals surface area contributed by atoms with Crippen LogP contribution in [-0.2, 0) is 4.79 Å². The van der Waals surface area contributed by atoms with Crippen molar-refractivity contribution in [2.75, 3.05) is 27.2 Å². The highest BCUT2D eigenvalue weighted by Gasteiger charge is 2.33. The summed E-state index contributed by atoms with van der Waals surface area (Å²) in [6.07, 6.45) is 7.08. The number of rotatable bonds is 6. The monoisotopic (exact) mass is 356 g/mol. The van der Waals surface area contributed by atoms with E-state index in [9.17, 15) is 9.18 Å². The molecule has 1 aromatic carbocycles. The van der Waals surface area contributed by atoms with Crippen LogP contribution in [0.4, 0.5) is 4.39 Å². The molecule has 1 aliphatic carbocycles. The van der Waals surface area contributed by atoms with Crippen molar-refractivity contribution in [3.05, 3.63) is 29.0 Å². The van der Waals surface area contributed by atoms with E-state index < -0.39 is 5.82 Å². The van der Waals surface area contributed by atoms with Gasteiger partial charge in [0, 0.05) is 12.1 Å². The molecule has 6 heteroatoms. The zero-order valence-corrected chi connectivity index (χ0v) is 15.2. The second-order valence-electron chi connectivity index (χ2n) is 6.67. The fourth-order valence-electron chi connectivity index (χ4n) is 3.22. The minimum Gasteiger partial charge on any atom is -0.482 e. The van der Waals surface area contributed by atoms with E-state index in [0.717, 1.165) is 12.8 Å². The first kappa shape index (κ1) is 19.0. The lowest BCUT2D eigenvalue weighted by molar-refractivity contribution is -0.123. The molecule has 0 heterocycles. The third-order valence-electron chi connectivity index (χ3n) is 4.85. The van der Waals surface area contributed by atoms with Crippen molar-refractivity contribution in [2.24, 2.45) is 0 Å². The number of likely N-dealkylation sites (N-methyl/N-ethyl adjacent to an activating group) is 1. The van der Waals surface area contributed by atoms with Crippen LogP contribution >= 0.6 is 11.6 Å². The molecule has 0 radical (unpaired) electrons. The number of carbonyl (C=O) groups is 1. The number of carbonyl (C=O) groups excluding carboxylic acids is 1. The number of nitrogens with zero attached hydrogens (tertiary/aromatic N) is 1. The predicted molar refractivity (Wildman–Crippen MR) is 94.0 cm³/mol. The molecule has 0 bridgehead atoms. The number of nitrogens with one attached hydrogen (secondary N) is 1. The summed E-state index contributed by atoms with van der Waals surface area (Å²) in [5.41, 5.74) is 0.0136. The van der Waals surface area contributed by atoms with E-state index in [1.54, 1.807) is 0 Å². The number of hydrogen-bond acceptors (Lipinski definition) is 3. The fourth-order valence-corrected chi connectivity index (χ4v) is 3.44. The summed E-state index contributed by atoms with van der Waals surface area (Å²) in [5, 5.41) is 3.14. The average Bonchev–Trinajstić information content (AvgIpc) is 2.78. The first-order chi connectivity index (χ1) is 11.4. The molecule has 0 unspecified atom stereocenters. The standard InChI is InChI=1S/C18H26ClFN2O2/c1-22(2)18(9-5-3-4-6-10-18)13-21-17(23)12-24-16-8-7-14(20)11-15(16)19/h7-8,11H,3-6,9-10,12-13H2,1-2H3,(H,21,23). The molecule has 1 N–H and O–H groups in total. The van der Waals surface area contributed by atoms with Gasteiger partial charge >= 0.3 is 0 Å². The summed E-state index contributed by atoms with van der Waals surface area (Å²) < 4.78 is 18.4. The van der Waals surface area contributed by atoms with Gasteiger partial charge in [-0.15, -0.1) is 0 Å². The minimum absolute atomic E-state index is 0.0136. The van der Waals surface area contributed by atoms with Crippen LogP contribution in [0.15, 0.2) is 18.2 Å². The third kappa shape index (κ3) is 5.08. The molecule has 1 saturated carbocycles. The zero-order chi connectivity index (χ0) is 17.6. The quantitative estimate of drug-likeness (QED) is 0.791. The predicted octanol–water partition coefficient (Wildman–Crippen LogP) is 3.63. The Morgan fingerprint density at radius 2 is 1.96 bits per heavy atom. The topological polar surface area (TPSA) is 41.6 Å². The summed E-state index contributed by atoms with van der Waals surface area (Å²) in [7, 11) is 4.15. The summed E-state index contributed by atoms with van der Waals surface area (Å²) >= 11 is 5.89. The van der Waals surface area contributed by atoms with Crippen LogP contribution in [-0.4, -0.2) is 43.6 Å². The van der Waals surface area contributed by atoms with Crippen molar-refractivity contribution in [1.29, 1.82) is 0 Å². The Kier molecular flexibility index (Phi) is 6.87. The Labute approximate surface area is 148 Å². The van der Waals surface area contributed by atoms with Crippen LogP contribution in [0.2, 0.25) is 5.02 Å². The maximum Gasteiger partial charge on any atom is 0.258 e. The maximum atomic E-state index is 13.0. The van der Waals surface area contributed by atoms with Gasteiger partial charge in [-0.25, -0.2) is 4.39 Å².